The summed E-state index contributed by atoms with van der Waals surface area (Å²) in [6.07, 6.45) is 0.723. The SMILES string of the molecule is COc1cccc(OCCNC(=O)CCc2ccc(-c3ccccc3F)o2)c1. The van der Waals surface area contributed by atoms with Gasteiger partial charge in [0.15, 0.2) is 0 Å². The number of ether oxygens (including phenoxy) is 2. The maximum Gasteiger partial charge on any atom is 0.220 e. The number of furan rings is 1. The summed E-state index contributed by atoms with van der Waals surface area (Å²) in [7, 11) is 1.59. The number of rotatable bonds is 9. The summed E-state index contributed by atoms with van der Waals surface area (Å²) >= 11 is 0. The summed E-state index contributed by atoms with van der Waals surface area (Å²) in [5, 5.41) is 2.80. The third-order valence-electron chi connectivity index (χ3n) is 4.13. The fourth-order valence-corrected chi connectivity index (χ4v) is 2.69. The summed E-state index contributed by atoms with van der Waals surface area (Å²) in [5.41, 5.74) is 0.410. The van der Waals surface area contributed by atoms with Crippen LogP contribution in [-0.2, 0) is 11.2 Å². The summed E-state index contributed by atoms with van der Waals surface area (Å²) < 4.78 is 30.2. The molecule has 1 heterocycles. The Labute approximate surface area is 163 Å². The fourth-order valence-electron chi connectivity index (χ4n) is 2.69. The lowest BCUT2D eigenvalue weighted by Crippen LogP contribution is -2.28. The zero-order chi connectivity index (χ0) is 19.8. The van der Waals surface area contributed by atoms with Crippen molar-refractivity contribution in [3.05, 3.63) is 72.2 Å². The second-order valence-corrected chi connectivity index (χ2v) is 6.12. The minimum Gasteiger partial charge on any atom is -0.497 e. The standard InChI is InChI=1S/C22H22FNO4/c1-26-17-5-4-6-18(15-17)27-14-13-24-22(25)12-10-16-9-11-21(28-16)19-7-2-3-8-20(19)23/h2-9,11,15H,10,12-14H2,1H3,(H,24,25). The van der Waals surface area contributed by atoms with Crippen molar-refractivity contribution >= 4 is 5.91 Å². The van der Waals surface area contributed by atoms with Crippen LogP contribution in [0, 0.1) is 5.82 Å². The van der Waals surface area contributed by atoms with Gasteiger partial charge in [-0.05, 0) is 36.4 Å². The molecule has 5 nitrogen and oxygen atoms in total. The number of benzene rings is 2. The number of methoxy groups -OCH3 is 1. The van der Waals surface area contributed by atoms with Crippen molar-refractivity contribution in [1.82, 2.24) is 5.32 Å². The minimum absolute atomic E-state index is 0.0990. The Hall–Kier alpha value is -3.28. The zero-order valence-corrected chi connectivity index (χ0v) is 15.6. The van der Waals surface area contributed by atoms with E-state index in [1.807, 2.05) is 18.2 Å². The first kappa shape index (κ1) is 19.5. The topological polar surface area (TPSA) is 60.7 Å². The predicted molar refractivity (Wildman–Crippen MR) is 104 cm³/mol. The molecule has 0 aliphatic rings. The molecule has 6 heteroatoms. The van der Waals surface area contributed by atoms with Gasteiger partial charge in [0, 0.05) is 18.9 Å². The summed E-state index contributed by atoms with van der Waals surface area (Å²) in [5.74, 6) is 2.07. The summed E-state index contributed by atoms with van der Waals surface area (Å²) in [6, 6.07) is 17.2. The smallest absolute Gasteiger partial charge is 0.220 e. The monoisotopic (exact) mass is 383 g/mol. The van der Waals surface area contributed by atoms with Crippen molar-refractivity contribution in [3.8, 4) is 22.8 Å². The molecule has 1 amide bonds. The quantitative estimate of drug-likeness (QED) is 0.562. The molecule has 0 aliphatic heterocycles. The van der Waals surface area contributed by atoms with E-state index in [0.717, 1.165) is 5.75 Å². The maximum atomic E-state index is 13.8. The Balaban J connectivity index is 1.39. The summed E-state index contributed by atoms with van der Waals surface area (Å²) in [4.78, 5) is 12.0. The van der Waals surface area contributed by atoms with Crippen LogP contribution in [0.2, 0.25) is 0 Å². The van der Waals surface area contributed by atoms with Crippen LogP contribution in [0.3, 0.4) is 0 Å². The van der Waals surface area contributed by atoms with E-state index in [0.29, 0.717) is 42.4 Å². The van der Waals surface area contributed by atoms with Crippen LogP contribution >= 0.6 is 0 Å². The van der Waals surface area contributed by atoms with Gasteiger partial charge in [0.05, 0.1) is 19.2 Å². The first-order chi connectivity index (χ1) is 13.7. The number of nitrogens with one attached hydrogen (secondary N) is 1. The van der Waals surface area contributed by atoms with E-state index in [9.17, 15) is 9.18 Å². The Kier molecular flexibility index (Phi) is 6.68. The van der Waals surface area contributed by atoms with Crippen molar-refractivity contribution in [2.24, 2.45) is 0 Å². The van der Waals surface area contributed by atoms with Crippen LogP contribution in [0.25, 0.3) is 11.3 Å². The highest BCUT2D eigenvalue weighted by molar-refractivity contribution is 5.76. The van der Waals surface area contributed by atoms with Gasteiger partial charge in [-0.15, -0.1) is 0 Å². The van der Waals surface area contributed by atoms with Crippen molar-refractivity contribution < 1.29 is 23.1 Å². The third-order valence-corrected chi connectivity index (χ3v) is 4.13. The largest absolute Gasteiger partial charge is 0.497 e. The lowest BCUT2D eigenvalue weighted by Gasteiger charge is -2.08. The zero-order valence-electron chi connectivity index (χ0n) is 15.6. The molecule has 1 N–H and O–H groups in total. The molecule has 0 saturated carbocycles. The normalized spacial score (nSPS) is 10.5. The van der Waals surface area contributed by atoms with E-state index in [1.54, 1.807) is 43.5 Å². The number of carbonyl (C=O) groups is 1. The lowest BCUT2D eigenvalue weighted by atomic mass is 10.1. The van der Waals surface area contributed by atoms with Crippen LogP contribution in [0.1, 0.15) is 12.2 Å². The van der Waals surface area contributed by atoms with E-state index in [4.69, 9.17) is 13.9 Å². The van der Waals surface area contributed by atoms with Crippen molar-refractivity contribution in [2.45, 2.75) is 12.8 Å². The Morgan fingerprint density at radius 1 is 1.07 bits per heavy atom. The molecule has 0 radical (unpaired) electrons. The van der Waals surface area contributed by atoms with Gasteiger partial charge >= 0.3 is 0 Å². The van der Waals surface area contributed by atoms with Gasteiger partial charge < -0.3 is 19.2 Å². The molecule has 0 atom stereocenters. The van der Waals surface area contributed by atoms with Crippen LogP contribution in [0.5, 0.6) is 11.5 Å². The average molecular weight is 383 g/mol. The molecule has 146 valence electrons. The van der Waals surface area contributed by atoms with E-state index < -0.39 is 0 Å². The molecule has 0 bridgehead atoms. The number of aryl methyl sites for hydroxylation is 1. The average Bonchev–Trinajstić information content (AvgIpc) is 3.19. The van der Waals surface area contributed by atoms with Gasteiger partial charge in [-0.25, -0.2) is 4.39 Å². The summed E-state index contributed by atoms with van der Waals surface area (Å²) in [6.45, 7) is 0.756. The Bertz CT molecular complexity index is 922. The molecule has 28 heavy (non-hydrogen) atoms. The van der Waals surface area contributed by atoms with Crippen molar-refractivity contribution in [3.63, 3.8) is 0 Å². The second kappa shape index (κ2) is 9.60. The number of amides is 1. The molecular formula is C22H22FNO4. The van der Waals surface area contributed by atoms with Crippen LogP contribution in [0.15, 0.2) is 65.1 Å². The number of hydrogen-bond donors (Lipinski definition) is 1. The van der Waals surface area contributed by atoms with E-state index in [1.165, 1.54) is 6.07 Å². The fraction of sp³-hybridized carbons (Fsp3) is 0.227. The van der Waals surface area contributed by atoms with Gasteiger partial charge in [-0.2, -0.15) is 0 Å². The van der Waals surface area contributed by atoms with Gasteiger partial charge in [-0.3, -0.25) is 4.79 Å². The number of carbonyl (C=O) groups excluding carboxylic acids is 1. The van der Waals surface area contributed by atoms with Crippen LogP contribution in [0.4, 0.5) is 4.39 Å². The highest BCUT2D eigenvalue weighted by Gasteiger charge is 2.10. The minimum atomic E-state index is -0.336. The number of hydrogen-bond acceptors (Lipinski definition) is 4. The molecule has 0 saturated heterocycles. The van der Waals surface area contributed by atoms with Gasteiger partial charge in [0.2, 0.25) is 5.91 Å². The lowest BCUT2D eigenvalue weighted by molar-refractivity contribution is -0.121. The first-order valence-electron chi connectivity index (χ1n) is 9.03. The predicted octanol–water partition coefficient (Wildman–Crippen LogP) is 4.22. The maximum absolute atomic E-state index is 13.8. The third kappa shape index (κ3) is 5.36. The molecular weight excluding hydrogens is 361 g/mol. The van der Waals surface area contributed by atoms with E-state index in [-0.39, 0.29) is 18.1 Å². The molecule has 3 rings (SSSR count). The van der Waals surface area contributed by atoms with Crippen molar-refractivity contribution in [2.75, 3.05) is 20.3 Å². The van der Waals surface area contributed by atoms with E-state index >= 15 is 0 Å². The van der Waals surface area contributed by atoms with E-state index in [2.05, 4.69) is 5.32 Å². The second-order valence-electron chi connectivity index (χ2n) is 6.12. The van der Waals surface area contributed by atoms with Crippen LogP contribution < -0.4 is 14.8 Å². The molecule has 3 aromatic rings. The molecule has 0 aliphatic carbocycles. The highest BCUT2D eigenvalue weighted by atomic mass is 19.1. The van der Waals surface area contributed by atoms with Gasteiger partial charge in [-0.1, -0.05) is 18.2 Å². The molecule has 2 aromatic carbocycles. The highest BCUT2D eigenvalue weighted by Crippen LogP contribution is 2.25. The first-order valence-corrected chi connectivity index (χ1v) is 9.03. The van der Waals surface area contributed by atoms with Gasteiger partial charge in [0.25, 0.3) is 0 Å². The van der Waals surface area contributed by atoms with Gasteiger partial charge in [0.1, 0.15) is 35.4 Å². The molecule has 1 aromatic heterocycles. The van der Waals surface area contributed by atoms with Crippen LogP contribution in [-0.4, -0.2) is 26.2 Å². The van der Waals surface area contributed by atoms with Crippen molar-refractivity contribution in [1.29, 1.82) is 0 Å². The molecule has 0 unspecified atom stereocenters. The Morgan fingerprint density at radius 2 is 1.89 bits per heavy atom. The molecule has 0 spiro atoms. The Morgan fingerprint density at radius 3 is 2.71 bits per heavy atom. The molecule has 0 fully saturated rings. The number of halogens is 1.